The summed E-state index contributed by atoms with van der Waals surface area (Å²) in [7, 11) is 0. The van der Waals surface area contributed by atoms with Crippen molar-refractivity contribution in [3.8, 4) is 0 Å². The van der Waals surface area contributed by atoms with Crippen LogP contribution in [0.4, 0.5) is 0 Å². The zero-order valence-electron chi connectivity index (χ0n) is 19.8. The van der Waals surface area contributed by atoms with Gasteiger partial charge in [0.05, 0.1) is 6.04 Å². The molecule has 7 N–H and O–H groups in total. The van der Waals surface area contributed by atoms with Crippen molar-refractivity contribution in [3.05, 3.63) is 35.9 Å². The molecule has 1 rings (SSSR count). The van der Waals surface area contributed by atoms with Gasteiger partial charge in [-0.05, 0) is 30.7 Å². The minimum absolute atomic E-state index is 0.0447. The summed E-state index contributed by atoms with van der Waals surface area (Å²) in [4.78, 5) is 60.6. The lowest BCUT2D eigenvalue weighted by Crippen LogP contribution is -2.57. The van der Waals surface area contributed by atoms with Gasteiger partial charge in [-0.2, -0.15) is 12.6 Å². The van der Waals surface area contributed by atoms with E-state index in [1.807, 2.05) is 19.9 Å². The van der Waals surface area contributed by atoms with E-state index in [0.29, 0.717) is 0 Å². The maximum atomic E-state index is 13.0. The van der Waals surface area contributed by atoms with Crippen LogP contribution in [0.5, 0.6) is 0 Å². The molecule has 0 fully saturated rings. The molecule has 1 aromatic carbocycles. The van der Waals surface area contributed by atoms with Crippen molar-refractivity contribution in [1.82, 2.24) is 16.0 Å². The monoisotopic (exact) mass is 510 g/mol. The first-order valence-electron chi connectivity index (χ1n) is 11.2. The highest BCUT2D eigenvalue weighted by atomic mass is 32.1. The number of rotatable bonds is 15. The molecule has 0 aliphatic heterocycles. The second-order valence-electron chi connectivity index (χ2n) is 8.56. The van der Waals surface area contributed by atoms with Crippen LogP contribution in [-0.2, 0) is 30.4 Å². The van der Waals surface area contributed by atoms with Gasteiger partial charge in [-0.1, -0.05) is 44.2 Å². The largest absolute Gasteiger partial charge is 0.481 e. The predicted molar refractivity (Wildman–Crippen MR) is 132 cm³/mol. The summed E-state index contributed by atoms with van der Waals surface area (Å²) in [5.74, 6) is -4.79. The zero-order chi connectivity index (χ0) is 26.5. The van der Waals surface area contributed by atoms with Crippen LogP contribution >= 0.6 is 12.6 Å². The fourth-order valence-electron chi connectivity index (χ4n) is 3.21. The molecule has 12 heteroatoms. The van der Waals surface area contributed by atoms with E-state index in [0.717, 1.165) is 5.56 Å². The Morgan fingerprint density at radius 3 is 1.94 bits per heavy atom. The number of hydrogen-bond acceptors (Lipinski definition) is 7. The van der Waals surface area contributed by atoms with Crippen molar-refractivity contribution in [2.75, 3.05) is 5.75 Å². The number of thiol groups is 1. The van der Waals surface area contributed by atoms with E-state index in [4.69, 9.17) is 15.9 Å². The molecular weight excluding hydrogens is 476 g/mol. The Bertz CT molecular complexity index is 882. The Balaban J connectivity index is 2.96. The van der Waals surface area contributed by atoms with E-state index in [1.54, 1.807) is 24.3 Å². The highest BCUT2D eigenvalue weighted by Crippen LogP contribution is 2.08. The fourth-order valence-corrected chi connectivity index (χ4v) is 3.46. The molecule has 0 saturated heterocycles. The lowest BCUT2D eigenvalue weighted by atomic mass is 10.0. The Kier molecular flexibility index (Phi) is 12.8. The first-order valence-corrected chi connectivity index (χ1v) is 11.8. The molecule has 0 aliphatic rings. The smallest absolute Gasteiger partial charge is 0.327 e. The van der Waals surface area contributed by atoms with Gasteiger partial charge in [0.25, 0.3) is 0 Å². The minimum Gasteiger partial charge on any atom is -0.481 e. The van der Waals surface area contributed by atoms with Gasteiger partial charge >= 0.3 is 11.9 Å². The normalized spacial score (nSPS) is 14.3. The van der Waals surface area contributed by atoms with Crippen LogP contribution in [0.25, 0.3) is 0 Å². The van der Waals surface area contributed by atoms with Gasteiger partial charge in [0, 0.05) is 12.2 Å². The molecule has 0 radical (unpaired) electrons. The number of amides is 3. The second-order valence-corrected chi connectivity index (χ2v) is 8.93. The van der Waals surface area contributed by atoms with Crippen LogP contribution in [0.2, 0.25) is 0 Å². The summed E-state index contributed by atoms with van der Waals surface area (Å²) in [6, 6.07) is 4.40. The summed E-state index contributed by atoms with van der Waals surface area (Å²) in [5, 5.41) is 25.5. The molecule has 0 aliphatic carbocycles. The maximum absolute atomic E-state index is 13.0. The Morgan fingerprint density at radius 1 is 0.886 bits per heavy atom. The van der Waals surface area contributed by atoms with Crippen molar-refractivity contribution in [2.24, 2.45) is 11.7 Å². The van der Waals surface area contributed by atoms with Crippen LogP contribution in [0.15, 0.2) is 30.3 Å². The third-order valence-corrected chi connectivity index (χ3v) is 5.42. The van der Waals surface area contributed by atoms with E-state index >= 15 is 0 Å². The second kappa shape index (κ2) is 15.0. The number of carbonyl (C=O) groups is 5. The topological polar surface area (TPSA) is 188 Å². The molecule has 194 valence electrons. The molecule has 3 amide bonds. The predicted octanol–water partition coefficient (Wildman–Crippen LogP) is -0.0639. The van der Waals surface area contributed by atoms with Gasteiger partial charge in [0.15, 0.2) is 0 Å². The van der Waals surface area contributed by atoms with E-state index in [-0.39, 0.29) is 30.9 Å². The number of benzene rings is 1. The van der Waals surface area contributed by atoms with Gasteiger partial charge in [-0.15, -0.1) is 0 Å². The molecule has 0 bridgehead atoms. The molecule has 0 aromatic heterocycles. The molecule has 0 spiro atoms. The lowest BCUT2D eigenvalue weighted by Gasteiger charge is -2.25. The number of nitrogens with one attached hydrogen (secondary N) is 3. The van der Waals surface area contributed by atoms with Crippen molar-refractivity contribution in [3.63, 3.8) is 0 Å². The van der Waals surface area contributed by atoms with Gasteiger partial charge in [0.2, 0.25) is 17.7 Å². The number of carboxylic acids is 2. The Morgan fingerprint density at radius 2 is 1.43 bits per heavy atom. The summed E-state index contributed by atoms with van der Waals surface area (Å²) in [6.45, 7) is 3.62. The lowest BCUT2D eigenvalue weighted by molar-refractivity contribution is -0.141. The summed E-state index contributed by atoms with van der Waals surface area (Å²) < 4.78 is 0. The quantitative estimate of drug-likeness (QED) is 0.160. The molecule has 4 atom stereocenters. The van der Waals surface area contributed by atoms with Crippen molar-refractivity contribution >= 4 is 42.3 Å². The van der Waals surface area contributed by atoms with E-state index in [2.05, 4.69) is 28.6 Å². The highest BCUT2D eigenvalue weighted by molar-refractivity contribution is 7.80. The van der Waals surface area contributed by atoms with E-state index < -0.39 is 60.2 Å². The van der Waals surface area contributed by atoms with E-state index in [1.165, 1.54) is 0 Å². The van der Waals surface area contributed by atoms with Crippen LogP contribution in [-0.4, -0.2) is 69.8 Å². The van der Waals surface area contributed by atoms with Crippen LogP contribution in [0, 0.1) is 5.92 Å². The number of carboxylic acid groups (broad SMARTS) is 2. The standard InChI is InChI=1S/C23H34N4O7S/c1-13(2)10-17(22(32)27-18(12-35)23(33)34)26-21(31)16(8-9-19(28)29)25-20(30)15(24)11-14-6-4-3-5-7-14/h3-7,13,15-18,35H,8-12,24H2,1-2H3,(H,25,30)(H,26,31)(H,27,32)(H,28,29)(H,33,34). The molecule has 4 unspecified atom stereocenters. The third-order valence-electron chi connectivity index (χ3n) is 5.05. The molecule has 11 nitrogen and oxygen atoms in total. The van der Waals surface area contributed by atoms with E-state index in [9.17, 15) is 24.0 Å². The minimum atomic E-state index is -1.28. The van der Waals surface area contributed by atoms with Crippen molar-refractivity contribution < 1.29 is 34.2 Å². The van der Waals surface area contributed by atoms with Crippen LogP contribution in [0.1, 0.15) is 38.7 Å². The summed E-state index contributed by atoms with van der Waals surface area (Å²) in [5.41, 5.74) is 6.79. The first kappa shape index (κ1) is 29.9. The molecule has 1 aromatic rings. The maximum Gasteiger partial charge on any atom is 0.327 e. The molecular formula is C23H34N4O7S. The number of nitrogens with two attached hydrogens (primary N) is 1. The number of hydrogen-bond donors (Lipinski definition) is 7. The first-order chi connectivity index (χ1) is 16.4. The van der Waals surface area contributed by atoms with Gasteiger partial charge < -0.3 is 31.9 Å². The van der Waals surface area contributed by atoms with Crippen molar-refractivity contribution in [1.29, 1.82) is 0 Å². The van der Waals surface area contributed by atoms with Gasteiger partial charge in [-0.3, -0.25) is 19.2 Å². The average molecular weight is 511 g/mol. The molecule has 35 heavy (non-hydrogen) atoms. The third kappa shape index (κ3) is 11.2. The van der Waals surface area contributed by atoms with Gasteiger partial charge in [0.1, 0.15) is 18.1 Å². The SMILES string of the molecule is CC(C)CC(NC(=O)C(CCC(=O)O)NC(=O)C(N)Cc1ccccc1)C(=O)NC(CS)C(=O)O. The molecule has 0 saturated carbocycles. The number of aliphatic carboxylic acids is 2. The van der Waals surface area contributed by atoms with Gasteiger partial charge in [-0.25, -0.2) is 4.79 Å². The van der Waals surface area contributed by atoms with Crippen molar-refractivity contribution in [2.45, 2.75) is 63.7 Å². The highest BCUT2D eigenvalue weighted by Gasteiger charge is 2.30. The summed E-state index contributed by atoms with van der Waals surface area (Å²) >= 11 is 3.91. The average Bonchev–Trinajstić information content (AvgIpc) is 2.79. The van der Waals surface area contributed by atoms with Crippen LogP contribution in [0.3, 0.4) is 0 Å². The number of carbonyl (C=O) groups excluding carboxylic acids is 3. The van der Waals surface area contributed by atoms with Crippen LogP contribution < -0.4 is 21.7 Å². The fraction of sp³-hybridized carbons (Fsp3) is 0.522. The molecule has 0 heterocycles. The Labute approximate surface area is 209 Å². The Hall–Kier alpha value is -3.12. The zero-order valence-corrected chi connectivity index (χ0v) is 20.7. The summed E-state index contributed by atoms with van der Waals surface area (Å²) in [6.07, 6.45) is -0.244.